The summed E-state index contributed by atoms with van der Waals surface area (Å²) in [6, 6.07) is 75.5. The Morgan fingerprint density at radius 1 is 0.295 bits per heavy atom. The van der Waals surface area contributed by atoms with Crippen LogP contribution in [0.15, 0.2) is 212 Å². The second-order valence-electron chi connectivity index (χ2n) is 16.4. The van der Waals surface area contributed by atoms with Gasteiger partial charge in [0.25, 0.3) is 0 Å². The van der Waals surface area contributed by atoms with Gasteiger partial charge in [0.2, 0.25) is 0 Å². The predicted molar refractivity (Wildman–Crippen MR) is 253 cm³/mol. The number of nitrogens with zero attached hydrogens (tertiary/aromatic N) is 3. The van der Waals surface area contributed by atoms with Crippen LogP contribution in [0.1, 0.15) is 25.0 Å². The third kappa shape index (κ3) is 6.61. The van der Waals surface area contributed by atoms with Gasteiger partial charge in [0.1, 0.15) is 0 Å². The van der Waals surface area contributed by atoms with Crippen molar-refractivity contribution in [3.8, 4) is 89.7 Å². The van der Waals surface area contributed by atoms with Gasteiger partial charge in [-0.1, -0.05) is 190 Å². The lowest BCUT2D eigenvalue weighted by Gasteiger charge is -2.22. The number of hydrogen-bond acceptors (Lipinski definition) is 3. The Kier molecular flexibility index (Phi) is 8.82. The molecule has 2 heterocycles. The van der Waals surface area contributed by atoms with Crippen LogP contribution in [0.4, 0.5) is 0 Å². The maximum Gasteiger partial charge on any atom is 0.160 e. The van der Waals surface area contributed by atoms with Crippen LogP contribution < -0.4 is 0 Å². The average Bonchev–Trinajstić information content (AvgIpc) is 3.56. The maximum atomic E-state index is 5.41. The first-order chi connectivity index (χ1) is 30.0. The summed E-state index contributed by atoms with van der Waals surface area (Å²) in [5.74, 6) is 0.697. The Morgan fingerprint density at radius 3 is 1.44 bits per heavy atom. The molecule has 0 atom stereocenters. The maximum absolute atomic E-state index is 5.41. The highest BCUT2D eigenvalue weighted by Crippen LogP contribution is 2.50. The molecule has 2 aromatic heterocycles. The minimum absolute atomic E-state index is 0.127. The van der Waals surface area contributed by atoms with E-state index in [4.69, 9.17) is 15.0 Å². The third-order valence-electron chi connectivity index (χ3n) is 12.3. The molecule has 1 aliphatic carbocycles. The Hall–Kier alpha value is -7.75. The standard InChI is InChI=1S/C58H41N3/c1-58(2)51-27-13-12-26-47(51)49-34-50-48(35-53(59-56(50)36-52(49)58)45-24-14-22-43(32-45)38-16-6-3-7-17-38)40-30-28-39(29-31-40)44-23-15-25-46(33-44)57-60-54(41-18-8-4-9-19-41)37-55(61-57)42-20-10-5-11-21-42/h3-37H,1-2H3. The molecule has 0 spiro atoms. The van der Waals surface area contributed by atoms with Crippen LogP contribution in [-0.4, -0.2) is 15.0 Å². The van der Waals surface area contributed by atoms with Crippen LogP contribution in [0.25, 0.3) is 101 Å². The topological polar surface area (TPSA) is 38.7 Å². The predicted octanol–water partition coefficient (Wildman–Crippen LogP) is 15.0. The van der Waals surface area contributed by atoms with Gasteiger partial charge in [0.15, 0.2) is 5.82 Å². The summed E-state index contributed by atoms with van der Waals surface area (Å²) < 4.78 is 0. The van der Waals surface area contributed by atoms with E-state index in [9.17, 15) is 0 Å². The van der Waals surface area contributed by atoms with Crippen LogP contribution in [0.3, 0.4) is 0 Å². The molecule has 0 saturated heterocycles. The summed E-state index contributed by atoms with van der Waals surface area (Å²) in [5, 5.41) is 1.15. The lowest BCUT2D eigenvalue weighted by atomic mass is 9.82. The first-order valence-electron chi connectivity index (χ1n) is 20.9. The SMILES string of the molecule is CC1(C)c2ccccc2-c2cc3c(-c4ccc(-c5cccc(-c6nc(-c7ccccc7)cc(-c7ccccc7)n6)c5)cc4)cc(-c4cccc(-c5ccccc5)c4)nc3cc21. The molecule has 0 N–H and O–H groups in total. The van der Waals surface area contributed by atoms with Crippen LogP contribution in [0.5, 0.6) is 0 Å². The highest BCUT2D eigenvalue weighted by Gasteiger charge is 2.35. The van der Waals surface area contributed by atoms with E-state index < -0.39 is 0 Å². The van der Waals surface area contributed by atoms with E-state index >= 15 is 0 Å². The Balaban J connectivity index is 1.02. The molecule has 0 amide bonds. The van der Waals surface area contributed by atoms with Gasteiger partial charge < -0.3 is 0 Å². The molecule has 11 rings (SSSR count). The van der Waals surface area contributed by atoms with Crippen LogP contribution >= 0.6 is 0 Å². The summed E-state index contributed by atoms with van der Waals surface area (Å²) in [6.45, 7) is 4.67. The highest BCUT2D eigenvalue weighted by molar-refractivity contribution is 6.02. The number of rotatable bonds is 7. The first kappa shape index (κ1) is 36.3. The van der Waals surface area contributed by atoms with E-state index in [1.807, 2.05) is 12.1 Å². The zero-order valence-electron chi connectivity index (χ0n) is 34.0. The van der Waals surface area contributed by atoms with Gasteiger partial charge in [-0.15, -0.1) is 0 Å². The molecule has 1 aliphatic rings. The van der Waals surface area contributed by atoms with Crippen molar-refractivity contribution >= 4 is 10.9 Å². The first-order valence-corrected chi connectivity index (χ1v) is 20.9. The number of fused-ring (bicyclic) bond motifs is 4. The van der Waals surface area contributed by atoms with Gasteiger partial charge in [0, 0.05) is 33.1 Å². The van der Waals surface area contributed by atoms with E-state index in [1.165, 1.54) is 33.4 Å². The number of aromatic nitrogens is 3. The quantitative estimate of drug-likeness (QED) is 0.162. The largest absolute Gasteiger partial charge is 0.248 e. The normalized spacial score (nSPS) is 12.6. The van der Waals surface area contributed by atoms with Crippen molar-refractivity contribution in [2.45, 2.75) is 19.3 Å². The molecule has 10 aromatic rings. The van der Waals surface area contributed by atoms with E-state index in [0.29, 0.717) is 5.82 Å². The van der Waals surface area contributed by atoms with Gasteiger partial charge in [-0.05, 0) is 92.0 Å². The van der Waals surface area contributed by atoms with Crippen molar-refractivity contribution in [2.75, 3.05) is 0 Å². The number of hydrogen-bond donors (Lipinski definition) is 0. The fourth-order valence-electron chi connectivity index (χ4n) is 9.07. The van der Waals surface area contributed by atoms with Crippen molar-refractivity contribution < 1.29 is 0 Å². The average molecular weight is 780 g/mol. The van der Waals surface area contributed by atoms with Gasteiger partial charge in [-0.3, -0.25) is 0 Å². The Morgan fingerprint density at radius 2 is 0.787 bits per heavy atom. The molecule has 0 saturated carbocycles. The minimum Gasteiger partial charge on any atom is -0.248 e. The van der Waals surface area contributed by atoms with Gasteiger partial charge in [-0.2, -0.15) is 0 Å². The zero-order valence-corrected chi connectivity index (χ0v) is 34.0. The second kappa shape index (κ2) is 14.8. The second-order valence-corrected chi connectivity index (χ2v) is 16.4. The van der Waals surface area contributed by atoms with Gasteiger partial charge >= 0.3 is 0 Å². The van der Waals surface area contributed by atoms with Crippen molar-refractivity contribution in [3.05, 3.63) is 223 Å². The highest BCUT2D eigenvalue weighted by atomic mass is 14.9. The lowest BCUT2D eigenvalue weighted by molar-refractivity contribution is 0.661. The summed E-state index contributed by atoms with van der Waals surface area (Å²) in [4.78, 5) is 15.6. The molecule has 288 valence electrons. The fraction of sp³-hybridized carbons (Fsp3) is 0.0517. The molecular weight excluding hydrogens is 739 g/mol. The molecule has 0 aliphatic heterocycles. The van der Waals surface area contributed by atoms with Crippen molar-refractivity contribution in [1.29, 1.82) is 0 Å². The van der Waals surface area contributed by atoms with Crippen LogP contribution in [-0.2, 0) is 5.41 Å². The molecular formula is C58H41N3. The van der Waals surface area contributed by atoms with Crippen LogP contribution in [0, 0.1) is 0 Å². The summed E-state index contributed by atoms with van der Waals surface area (Å²) in [7, 11) is 0. The molecule has 3 nitrogen and oxygen atoms in total. The minimum atomic E-state index is -0.127. The van der Waals surface area contributed by atoms with E-state index in [-0.39, 0.29) is 5.41 Å². The lowest BCUT2D eigenvalue weighted by Crippen LogP contribution is -2.14. The smallest absolute Gasteiger partial charge is 0.160 e. The van der Waals surface area contributed by atoms with Crippen molar-refractivity contribution in [3.63, 3.8) is 0 Å². The van der Waals surface area contributed by atoms with Gasteiger partial charge in [-0.25, -0.2) is 15.0 Å². The fourth-order valence-corrected chi connectivity index (χ4v) is 9.07. The number of benzene rings is 8. The summed E-state index contributed by atoms with van der Waals surface area (Å²) in [5.41, 5.74) is 20.0. The van der Waals surface area contributed by atoms with E-state index in [1.54, 1.807) is 0 Å². The summed E-state index contributed by atoms with van der Waals surface area (Å²) >= 11 is 0. The molecule has 8 aromatic carbocycles. The zero-order chi connectivity index (χ0) is 40.9. The van der Waals surface area contributed by atoms with Crippen molar-refractivity contribution in [2.24, 2.45) is 0 Å². The third-order valence-corrected chi connectivity index (χ3v) is 12.3. The Bertz CT molecular complexity index is 3190. The van der Waals surface area contributed by atoms with E-state index in [2.05, 4.69) is 214 Å². The molecule has 3 heteroatoms. The van der Waals surface area contributed by atoms with Crippen LogP contribution in [0.2, 0.25) is 0 Å². The van der Waals surface area contributed by atoms with Crippen molar-refractivity contribution in [1.82, 2.24) is 15.0 Å². The molecule has 61 heavy (non-hydrogen) atoms. The van der Waals surface area contributed by atoms with E-state index in [0.717, 1.165) is 72.5 Å². The molecule has 0 bridgehead atoms. The monoisotopic (exact) mass is 779 g/mol. The molecule has 0 unspecified atom stereocenters. The molecule has 0 radical (unpaired) electrons. The number of pyridine rings is 1. The van der Waals surface area contributed by atoms with Gasteiger partial charge in [0.05, 0.1) is 22.6 Å². The Labute approximate surface area is 356 Å². The molecule has 0 fully saturated rings. The summed E-state index contributed by atoms with van der Waals surface area (Å²) in [6.07, 6.45) is 0.